The van der Waals surface area contributed by atoms with E-state index in [1.807, 2.05) is 84.9 Å². The Bertz CT molecular complexity index is 1080. The molecule has 1 atom stereocenters. The Kier molecular flexibility index (Phi) is 6.16. The average Bonchev–Trinajstić information content (AvgIpc) is 2.80. The minimum absolute atomic E-state index is 0.0840. The molecule has 0 aliphatic heterocycles. The van der Waals surface area contributed by atoms with Crippen LogP contribution in [0.25, 0.3) is 0 Å². The normalized spacial score (nSPS) is 12.3. The molecule has 0 spiro atoms. The molecule has 4 aromatic carbocycles. The maximum Gasteiger partial charge on any atom is 0.145 e. The third kappa shape index (κ3) is 4.56. The first kappa shape index (κ1) is 20.2. The molecular formula is C27H26NOP. The van der Waals surface area contributed by atoms with Gasteiger partial charge in [-0.2, -0.15) is 0 Å². The molecule has 4 aromatic rings. The molecule has 0 radical (unpaired) electrons. The molecule has 150 valence electrons. The zero-order valence-corrected chi connectivity index (χ0v) is 18.0. The van der Waals surface area contributed by atoms with Gasteiger partial charge in [-0.05, 0) is 30.2 Å². The molecule has 0 aliphatic rings. The number of hydrogen-bond acceptors (Lipinski definition) is 2. The third-order valence-electron chi connectivity index (χ3n) is 5.35. The van der Waals surface area contributed by atoms with E-state index in [0.717, 1.165) is 21.9 Å². The van der Waals surface area contributed by atoms with Gasteiger partial charge in [0, 0.05) is 22.5 Å². The fourth-order valence-corrected chi connectivity index (χ4v) is 6.65. The molecule has 0 saturated heterocycles. The number of aryl methyl sites for hydroxylation is 1. The van der Waals surface area contributed by atoms with Crippen LogP contribution in [0.4, 0.5) is 5.69 Å². The van der Waals surface area contributed by atoms with E-state index in [1.165, 1.54) is 5.56 Å². The minimum atomic E-state index is -2.86. The Labute approximate surface area is 179 Å². The highest BCUT2D eigenvalue weighted by molar-refractivity contribution is 7.78. The summed E-state index contributed by atoms with van der Waals surface area (Å²) >= 11 is 0. The molecule has 30 heavy (non-hydrogen) atoms. The van der Waals surface area contributed by atoms with Crippen LogP contribution in [-0.4, -0.2) is 6.16 Å². The lowest BCUT2D eigenvalue weighted by Crippen LogP contribution is -2.25. The number of anilines is 1. The molecule has 0 saturated carbocycles. The summed E-state index contributed by atoms with van der Waals surface area (Å²) in [5.74, 6) is 0. The number of hydrogen-bond donors (Lipinski definition) is 1. The van der Waals surface area contributed by atoms with E-state index in [0.29, 0.717) is 6.16 Å². The molecule has 0 fully saturated rings. The number of nitrogens with one attached hydrogen (secondary N) is 1. The van der Waals surface area contributed by atoms with Gasteiger partial charge in [-0.3, -0.25) is 0 Å². The maximum absolute atomic E-state index is 14.6. The van der Waals surface area contributed by atoms with Gasteiger partial charge in [0.15, 0.2) is 0 Å². The van der Waals surface area contributed by atoms with Crippen molar-refractivity contribution < 1.29 is 4.57 Å². The molecule has 1 unspecified atom stereocenters. The van der Waals surface area contributed by atoms with E-state index in [2.05, 4.69) is 42.6 Å². The first-order chi connectivity index (χ1) is 14.6. The summed E-state index contributed by atoms with van der Waals surface area (Å²) in [5.41, 5.74) is 3.36. The maximum atomic E-state index is 14.6. The highest BCUT2D eigenvalue weighted by Crippen LogP contribution is 2.47. The second kappa shape index (κ2) is 9.15. The highest BCUT2D eigenvalue weighted by atomic mass is 31.2. The molecular weight excluding hydrogens is 385 g/mol. The predicted octanol–water partition coefficient (Wildman–Crippen LogP) is 6.16. The van der Waals surface area contributed by atoms with Crippen LogP contribution in [0.3, 0.4) is 0 Å². The van der Waals surface area contributed by atoms with Crippen LogP contribution < -0.4 is 15.9 Å². The summed E-state index contributed by atoms with van der Waals surface area (Å²) in [6.45, 7) is 2.08. The zero-order chi connectivity index (χ0) is 20.8. The summed E-state index contributed by atoms with van der Waals surface area (Å²) in [6.07, 6.45) is 0.499. The van der Waals surface area contributed by atoms with Crippen molar-refractivity contribution in [2.24, 2.45) is 0 Å². The number of benzene rings is 4. The van der Waals surface area contributed by atoms with E-state index >= 15 is 0 Å². The first-order valence-electron chi connectivity index (χ1n) is 10.2. The van der Waals surface area contributed by atoms with Crippen molar-refractivity contribution in [2.75, 3.05) is 11.5 Å². The van der Waals surface area contributed by atoms with Crippen molar-refractivity contribution in [1.29, 1.82) is 0 Å². The second-order valence-electron chi connectivity index (χ2n) is 7.57. The lowest BCUT2D eigenvalue weighted by molar-refractivity contribution is 0.584. The second-order valence-corrected chi connectivity index (χ2v) is 10.4. The van der Waals surface area contributed by atoms with Gasteiger partial charge in [-0.15, -0.1) is 0 Å². The van der Waals surface area contributed by atoms with E-state index < -0.39 is 7.14 Å². The van der Waals surface area contributed by atoms with Crippen molar-refractivity contribution in [3.63, 3.8) is 0 Å². The molecule has 4 rings (SSSR count). The van der Waals surface area contributed by atoms with Crippen LogP contribution in [-0.2, 0) is 4.57 Å². The van der Waals surface area contributed by atoms with Crippen LogP contribution in [0.15, 0.2) is 115 Å². The quantitative estimate of drug-likeness (QED) is 0.369. The van der Waals surface area contributed by atoms with Gasteiger partial charge in [0.05, 0.1) is 6.04 Å². The molecule has 2 nitrogen and oxygen atoms in total. The lowest BCUT2D eigenvalue weighted by atomic mass is 10.1. The van der Waals surface area contributed by atoms with Gasteiger partial charge < -0.3 is 9.88 Å². The summed E-state index contributed by atoms with van der Waals surface area (Å²) in [5, 5.41) is 5.44. The highest BCUT2D eigenvalue weighted by Gasteiger charge is 2.31. The van der Waals surface area contributed by atoms with Gasteiger partial charge in [0.1, 0.15) is 7.14 Å². The summed E-state index contributed by atoms with van der Waals surface area (Å²) in [6, 6.07) is 38.3. The first-order valence-corrected chi connectivity index (χ1v) is 12.1. The summed E-state index contributed by atoms with van der Waals surface area (Å²) in [7, 11) is -2.86. The fraction of sp³-hybridized carbons (Fsp3) is 0.111. The third-order valence-corrected chi connectivity index (χ3v) is 8.49. The monoisotopic (exact) mass is 411 g/mol. The molecule has 3 heteroatoms. The van der Waals surface area contributed by atoms with Crippen molar-refractivity contribution in [3.8, 4) is 0 Å². The topological polar surface area (TPSA) is 29.1 Å². The Morgan fingerprint density at radius 1 is 0.700 bits per heavy atom. The smallest absolute Gasteiger partial charge is 0.145 e. The number of rotatable bonds is 7. The van der Waals surface area contributed by atoms with Crippen molar-refractivity contribution in [1.82, 2.24) is 0 Å². The average molecular weight is 411 g/mol. The zero-order valence-electron chi connectivity index (χ0n) is 17.1. The molecule has 0 aromatic heterocycles. The lowest BCUT2D eigenvalue weighted by Gasteiger charge is -2.27. The predicted molar refractivity (Wildman–Crippen MR) is 129 cm³/mol. The van der Waals surface area contributed by atoms with Gasteiger partial charge >= 0.3 is 0 Å². The van der Waals surface area contributed by atoms with E-state index in [4.69, 9.17) is 0 Å². The van der Waals surface area contributed by atoms with Gasteiger partial charge in [0.2, 0.25) is 0 Å². The summed E-state index contributed by atoms with van der Waals surface area (Å²) < 4.78 is 14.6. The Morgan fingerprint density at radius 2 is 1.23 bits per heavy atom. The fourth-order valence-electron chi connectivity index (χ4n) is 3.81. The standard InChI is InChI=1S/C27H26NOP/c1-22-12-11-15-24(20-22)28-27(23-13-5-2-6-14-23)21-30(29,25-16-7-3-8-17-25)26-18-9-4-10-19-26/h2-20,27-28H,21H2,1H3. The molecule has 0 aliphatic carbocycles. The SMILES string of the molecule is Cc1cccc(NC(CP(=O)(c2ccccc2)c2ccccc2)c2ccccc2)c1. The van der Waals surface area contributed by atoms with Gasteiger partial charge in [-0.1, -0.05) is 103 Å². The minimum Gasteiger partial charge on any atom is -0.378 e. The van der Waals surface area contributed by atoms with Crippen molar-refractivity contribution >= 4 is 23.4 Å². The van der Waals surface area contributed by atoms with Crippen LogP contribution >= 0.6 is 7.14 Å². The molecule has 0 heterocycles. The molecule has 0 bridgehead atoms. The van der Waals surface area contributed by atoms with E-state index in [1.54, 1.807) is 0 Å². The van der Waals surface area contributed by atoms with Crippen LogP contribution in [0, 0.1) is 6.92 Å². The molecule has 1 N–H and O–H groups in total. The van der Waals surface area contributed by atoms with Crippen molar-refractivity contribution in [2.45, 2.75) is 13.0 Å². The summed E-state index contributed by atoms with van der Waals surface area (Å²) in [4.78, 5) is 0. The van der Waals surface area contributed by atoms with E-state index in [-0.39, 0.29) is 6.04 Å². The van der Waals surface area contributed by atoms with Crippen LogP contribution in [0.2, 0.25) is 0 Å². The van der Waals surface area contributed by atoms with Crippen molar-refractivity contribution in [3.05, 3.63) is 126 Å². The van der Waals surface area contributed by atoms with Gasteiger partial charge in [-0.25, -0.2) is 0 Å². The van der Waals surface area contributed by atoms with Gasteiger partial charge in [0.25, 0.3) is 0 Å². The van der Waals surface area contributed by atoms with Crippen LogP contribution in [0.1, 0.15) is 17.2 Å². The Balaban J connectivity index is 1.78. The molecule has 0 amide bonds. The van der Waals surface area contributed by atoms with Crippen LogP contribution in [0.5, 0.6) is 0 Å². The largest absolute Gasteiger partial charge is 0.378 e. The Morgan fingerprint density at radius 3 is 1.77 bits per heavy atom. The Hall–Kier alpha value is -3.09. The van der Waals surface area contributed by atoms with E-state index in [9.17, 15) is 4.57 Å².